The number of rotatable bonds is 6. The predicted molar refractivity (Wildman–Crippen MR) is 71.8 cm³/mol. The first kappa shape index (κ1) is 16.0. The molecule has 1 atom stereocenters. The molecule has 6 nitrogen and oxygen atoms in total. The summed E-state index contributed by atoms with van der Waals surface area (Å²) in [7, 11) is 0. The SMILES string of the molecule is CC(CNC(=O)c1cccc(Cl)c1)(CC(=O)O)C(=O)O. The molecule has 0 aliphatic heterocycles. The molecular weight excluding hydrogens is 286 g/mol. The molecule has 1 rings (SSSR count). The smallest absolute Gasteiger partial charge is 0.311 e. The summed E-state index contributed by atoms with van der Waals surface area (Å²) in [5.74, 6) is -3.04. The van der Waals surface area contributed by atoms with Gasteiger partial charge in [0.1, 0.15) is 0 Å². The third-order valence-corrected chi connectivity index (χ3v) is 3.02. The van der Waals surface area contributed by atoms with Crippen molar-refractivity contribution in [3.8, 4) is 0 Å². The van der Waals surface area contributed by atoms with Crippen molar-refractivity contribution in [3.63, 3.8) is 0 Å². The molecule has 0 fully saturated rings. The molecular formula is C13H14ClNO5. The molecule has 1 aromatic rings. The van der Waals surface area contributed by atoms with Crippen LogP contribution in [0.1, 0.15) is 23.7 Å². The van der Waals surface area contributed by atoms with E-state index in [1.165, 1.54) is 19.1 Å². The fourth-order valence-corrected chi connectivity index (χ4v) is 1.74. The molecule has 3 N–H and O–H groups in total. The summed E-state index contributed by atoms with van der Waals surface area (Å²) in [6.07, 6.45) is -0.585. The van der Waals surface area contributed by atoms with E-state index in [1.807, 2.05) is 0 Å². The topological polar surface area (TPSA) is 104 Å². The lowest BCUT2D eigenvalue weighted by Crippen LogP contribution is -2.42. The summed E-state index contributed by atoms with van der Waals surface area (Å²) in [4.78, 5) is 33.7. The van der Waals surface area contributed by atoms with E-state index in [0.717, 1.165) is 0 Å². The van der Waals surface area contributed by atoms with Crippen molar-refractivity contribution in [3.05, 3.63) is 34.9 Å². The number of halogens is 1. The van der Waals surface area contributed by atoms with Crippen LogP contribution in [0, 0.1) is 5.41 Å². The van der Waals surface area contributed by atoms with E-state index >= 15 is 0 Å². The van der Waals surface area contributed by atoms with Crippen molar-refractivity contribution in [1.29, 1.82) is 0 Å². The third-order valence-electron chi connectivity index (χ3n) is 2.78. The van der Waals surface area contributed by atoms with Crippen LogP contribution in [0.25, 0.3) is 0 Å². The first-order chi connectivity index (χ1) is 9.24. The van der Waals surface area contributed by atoms with Crippen LogP contribution >= 0.6 is 11.6 Å². The lowest BCUT2D eigenvalue weighted by atomic mass is 9.86. The van der Waals surface area contributed by atoms with Crippen LogP contribution in [-0.2, 0) is 9.59 Å². The molecule has 20 heavy (non-hydrogen) atoms. The first-order valence-electron chi connectivity index (χ1n) is 5.73. The highest BCUT2D eigenvalue weighted by Crippen LogP contribution is 2.21. The Morgan fingerprint density at radius 2 is 1.95 bits per heavy atom. The normalized spacial score (nSPS) is 13.3. The zero-order valence-corrected chi connectivity index (χ0v) is 11.5. The van der Waals surface area contributed by atoms with E-state index in [0.29, 0.717) is 5.02 Å². The van der Waals surface area contributed by atoms with Crippen LogP contribution in [0.15, 0.2) is 24.3 Å². The number of hydrogen-bond acceptors (Lipinski definition) is 3. The molecule has 1 amide bonds. The molecule has 0 aliphatic rings. The number of amides is 1. The van der Waals surface area contributed by atoms with E-state index in [4.69, 9.17) is 21.8 Å². The zero-order chi connectivity index (χ0) is 15.3. The summed E-state index contributed by atoms with van der Waals surface area (Å²) < 4.78 is 0. The fourth-order valence-electron chi connectivity index (χ4n) is 1.55. The molecule has 1 unspecified atom stereocenters. The lowest BCUT2D eigenvalue weighted by Gasteiger charge is -2.23. The highest BCUT2D eigenvalue weighted by molar-refractivity contribution is 6.30. The maximum absolute atomic E-state index is 11.8. The molecule has 0 radical (unpaired) electrons. The van der Waals surface area contributed by atoms with Gasteiger partial charge in [-0.15, -0.1) is 0 Å². The van der Waals surface area contributed by atoms with E-state index in [1.54, 1.807) is 12.1 Å². The second kappa shape index (κ2) is 6.38. The minimum absolute atomic E-state index is 0.278. The quantitative estimate of drug-likeness (QED) is 0.741. The van der Waals surface area contributed by atoms with Crippen LogP contribution in [0.4, 0.5) is 0 Å². The average molecular weight is 300 g/mol. The van der Waals surface area contributed by atoms with Gasteiger partial charge >= 0.3 is 11.9 Å². The standard InChI is InChI=1S/C13H14ClNO5/c1-13(12(19)20,6-10(16)17)7-15-11(18)8-3-2-4-9(14)5-8/h2-5H,6-7H2,1H3,(H,15,18)(H,16,17)(H,19,20). The number of carbonyl (C=O) groups excluding carboxylic acids is 1. The molecule has 108 valence electrons. The number of benzene rings is 1. The molecule has 0 heterocycles. The van der Waals surface area contributed by atoms with Crippen LogP contribution in [0.5, 0.6) is 0 Å². The second-order valence-corrected chi connectivity index (χ2v) is 5.07. The van der Waals surface area contributed by atoms with Crippen LogP contribution < -0.4 is 5.32 Å². The van der Waals surface area contributed by atoms with E-state index in [-0.39, 0.29) is 12.1 Å². The summed E-state index contributed by atoms with van der Waals surface area (Å²) in [6, 6.07) is 6.15. The number of hydrogen-bond donors (Lipinski definition) is 3. The van der Waals surface area contributed by atoms with Crippen molar-refractivity contribution in [2.45, 2.75) is 13.3 Å². The van der Waals surface area contributed by atoms with Gasteiger partial charge in [-0.05, 0) is 25.1 Å². The summed E-state index contributed by atoms with van der Waals surface area (Å²) in [6.45, 7) is 0.974. The second-order valence-electron chi connectivity index (χ2n) is 4.63. The third kappa shape index (κ3) is 4.24. The van der Waals surface area contributed by atoms with Crippen LogP contribution in [0.2, 0.25) is 5.02 Å². The Hall–Kier alpha value is -2.08. The lowest BCUT2D eigenvalue weighted by molar-refractivity contribution is -0.154. The molecule has 0 saturated carbocycles. The summed E-state index contributed by atoms with van der Waals surface area (Å²) in [5, 5.41) is 20.6. The summed E-state index contributed by atoms with van der Waals surface area (Å²) in [5.41, 5.74) is -1.29. The number of carboxylic acid groups (broad SMARTS) is 2. The van der Waals surface area contributed by atoms with Crippen molar-refractivity contribution < 1.29 is 24.6 Å². The largest absolute Gasteiger partial charge is 0.481 e. The van der Waals surface area contributed by atoms with E-state index in [2.05, 4.69) is 5.32 Å². The van der Waals surface area contributed by atoms with Gasteiger partial charge in [-0.1, -0.05) is 17.7 Å². The molecule has 0 bridgehead atoms. The van der Waals surface area contributed by atoms with Gasteiger partial charge in [-0.3, -0.25) is 14.4 Å². The van der Waals surface area contributed by atoms with Gasteiger partial charge in [0.25, 0.3) is 5.91 Å². The van der Waals surface area contributed by atoms with Crippen molar-refractivity contribution in [2.75, 3.05) is 6.54 Å². The van der Waals surface area contributed by atoms with E-state index in [9.17, 15) is 14.4 Å². The van der Waals surface area contributed by atoms with Gasteiger partial charge in [0.2, 0.25) is 0 Å². The van der Waals surface area contributed by atoms with Crippen LogP contribution in [-0.4, -0.2) is 34.6 Å². The maximum Gasteiger partial charge on any atom is 0.311 e. The number of carbonyl (C=O) groups is 3. The van der Waals surface area contributed by atoms with Gasteiger partial charge in [-0.2, -0.15) is 0 Å². The van der Waals surface area contributed by atoms with Gasteiger partial charge in [0.15, 0.2) is 0 Å². The number of nitrogens with one attached hydrogen (secondary N) is 1. The Kier molecular flexibility index (Phi) is 5.10. The molecule has 0 aliphatic carbocycles. The van der Waals surface area contributed by atoms with Gasteiger partial charge < -0.3 is 15.5 Å². The van der Waals surface area contributed by atoms with Gasteiger partial charge in [0, 0.05) is 17.1 Å². The van der Waals surface area contributed by atoms with Gasteiger partial charge in [-0.25, -0.2) is 0 Å². The molecule has 0 saturated heterocycles. The van der Waals surface area contributed by atoms with Crippen molar-refractivity contribution >= 4 is 29.4 Å². The number of aliphatic carboxylic acids is 2. The van der Waals surface area contributed by atoms with E-state index < -0.39 is 29.7 Å². The summed E-state index contributed by atoms with van der Waals surface area (Å²) >= 11 is 5.75. The predicted octanol–water partition coefficient (Wildman–Crippen LogP) is 1.64. The molecule has 0 spiro atoms. The minimum atomic E-state index is -1.57. The average Bonchev–Trinajstić information content (AvgIpc) is 2.35. The first-order valence-corrected chi connectivity index (χ1v) is 6.11. The Morgan fingerprint density at radius 1 is 1.30 bits per heavy atom. The Balaban J connectivity index is 2.75. The molecule has 7 heteroatoms. The Labute approximate surface area is 120 Å². The number of carboxylic acids is 2. The molecule has 0 aromatic heterocycles. The van der Waals surface area contributed by atoms with Crippen molar-refractivity contribution in [2.24, 2.45) is 5.41 Å². The zero-order valence-electron chi connectivity index (χ0n) is 10.7. The van der Waals surface area contributed by atoms with Crippen LogP contribution in [0.3, 0.4) is 0 Å². The van der Waals surface area contributed by atoms with Gasteiger partial charge in [0.05, 0.1) is 11.8 Å². The Morgan fingerprint density at radius 3 is 2.45 bits per heavy atom. The maximum atomic E-state index is 11.8. The Bertz CT molecular complexity index is 545. The minimum Gasteiger partial charge on any atom is -0.481 e. The monoisotopic (exact) mass is 299 g/mol. The van der Waals surface area contributed by atoms with Crippen molar-refractivity contribution in [1.82, 2.24) is 5.32 Å². The highest BCUT2D eigenvalue weighted by Gasteiger charge is 2.36. The highest BCUT2D eigenvalue weighted by atomic mass is 35.5. The molecule has 1 aromatic carbocycles. The fraction of sp³-hybridized carbons (Fsp3) is 0.308.